The zero-order valence-electron chi connectivity index (χ0n) is 11.2. The minimum absolute atomic E-state index is 0.142. The lowest BCUT2D eigenvalue weighted by molar-refractivity contribution is 0.0955. The van der Waals surface area contributed by atoms with Gasteiger partial charge in [0.15, 0.2) is 0 Å². The second-order valence-corrected chi connectivity index (χ2v) is 4.58. The maximum absolute atomic E-state index is 12.0. The molecule has 1 aromatic carbocycles. The second-order valence-electron chi connectivity index (χ2n) is 4.58. The molecule has 0 aliphatic carbocycles. The molecule has 3 N–H and O–H groups in total. The van der Waals surface area contributed by atoms with E-state index in [1.165, 1.54) is 0 Å². The van der Waals surface area contributed by atoms with Crippen LogP contribution in [0.4, 0.5) is 5.69 Å². The van der Waals surface area contributed by atoms with E-state index in [0.29, 0.717) is 24.2 Å². The van der Waals surface area contributed by atoms with Crippen LogP contribution in [0.1, 0.15) is 21.6 Å². The van der Waals surface area contributed by atoms with Crippen molar-refractivity contribution in [2.45, 2.75) is 13.3 Å². The van der Waals surface area contributed by atoms with Crippen LogP contribution in [-0.4, -0.2) is 22.2 Å². The van der Waals surface area contributed by atoms with Gasteiger partial charge in [-0.15, -0.1) is 0 Å². The largest absolute Gasteiger partial charge is 0.398 e. The van der Waals surface area contributed by atoms with Crippen molar-refractivity contribution in [1.82, 2.24) is 15.1 Å². The zero-order chi connectivity index (χ0) is 13.8. The quantitative estimate of drug-likeness (QED) is 0.811. The number of amides is 1. The normalized spacial score (nSPS) is 10.4. The van der Waals surface area contributed by atoms with E-state index < -0.39 is 0 Å². The number of aromatic nitrogens is 2. The summed E-state index contributed by atoms with van der Waals surface area (Å²) in [6.07, 6.45) is 2.59. The molecule has 0 saturated heterocycles. The second kappa shape index (κ2) is 5.56. The molecule has 0 aliphatic rings. The Bertz CT molecular complexity index is 589. The van der Waals surface area contributed by atoms with E-state index in [1.54, 1.807) is 16.8 Å². The summed E-state index contributed by atoms with van der Waals surface area (Å²) in [5.41, 5.74) is 8.81. The van der Waals surface area contributed by atoms with Crippen molar-refractivity contribution in [1.29, 1.82) is 0 Å². The highest BCUT2D eigenvalue weighted by Gasteiger charge is 2.09. The van der Waals surface area contributed by atoms with Crippen molar-refractivity contribution in [2.75, 3.05) is 12.3 Å². The number of nitrogens with zero attached hydrogens (tertiary/aromatic N) is 2. The fourth-order valence-electron chi connectivity index (χ4n) is 1.86. The van der Waals surface area contributed by atoms with Gasteiger partial charge < -0.3 is 11.1 Å². The van der Waals surface area contributed by atoms with Crippen molar-refractivity contribution in [3.63, 3.8) is 0 Å². The average Bonchev–Trinajstić information content (AvgIpc) is 2.78. The number of hydrogen-bond donors (Lipinski definition) is 2. The van der Waals surface area contributed by atoms with Crippen molar-refractivity contribution < 1.29 is 4.79 Å². The predicted octanol–water partition coefficient (Wildman–Crippen LogP) is 1.28. The van der Waals surface area contributed by atoms with Gasteiger partial charge in [0.05, 0.1) is 11.3 Å². The first kappa shape index (κ1) is 13.1. The van der Waals surface area contributed by atoms with Gasteiger partial charge in [-0.05, 0) is 25.1 Å². The van der Waals surface area contributed by atoms with Gasteiger partial charge in [-0.1, -0.05) is 11.6 Å². The van der Waals surface area contributed by atoms with E-state index >= 15 is 0 Å². The maximum Gasteiger partial charge on any atom is 0.253 e. The summed E-state index contributed by atoms with van der Waals surface area (Å²) < 4.78 is 1.75. The summed E-state index contributed by atoms with van der Waals surface area (Å²) in [6, 6.07) is 7.38. The van der Waals surface area contributed by atoms with E-state index in [9.17, 15) is 4.79 Å². The van der Waals surface area contributed by atoms with Gasteiger partial charge in [0.1, 0.15) is 0 Å². The first-order valence-electron chi connectivity index (χ1n) is 6.19. The van der Waals surface area contributed by atoms with Crippen LogP contribution in [0.2, 0.25) is 0 Å². The molecule has 1 heterocycles. The molecular weight excluding hydrogens is 240 g/mol. The molecule has 0 aliphatic heterocycles. The summed E-state index contributed by atoms with van der Waals surface area (Å²) in [4.78, 5) is 12.0. The Morgan fingerprint density at radius 3 is 2.89 bits per heavy atom. The molecule has 100 valence electrons. The molecule has 5 heteroatoms. The number of aryl methyl sites for hydroxylation is 2. The van der Waals surface area contributed by atoms with Gasteiger partial charge in [-0.2, -0.15) is 5.10 Å². The average molecular weight is 258 g/mol. The predicted molar refractivity (Wildman–Crippen MR) is 74.8 cm³/mol. The third kappa shape index (κ3) is 3.34. The summed E-state index contributed by atoms with van der Waals surface area (Å²) in [5, 5.41) is 7.11. The van der Waals surface area contributed by atoms with Crippen LogP contribution in [0, 0.1) is 6.92 Å². The number of anilines is 1. The zero-order valence-corrected chi connectivity index (χ0v) is 11.2. The SMILES string of the molecule is Cc1ccc(N)c(C(=O)NCCc2ccn(C)n2)c1. The molecule has 1 aromatic heterocycles. The molecule has 0 radical (unpaired) electrons. The number of carbonyl (C=O) groups excluding carboxylic acids is 1. The molecule has 19 heavy (non-hydrogen) atoms. The Kier molecular flexibility index (Phi) is 3.85. The number of nitrogens with one attached hydrogen (secondary N) is 1. The summed E-state index contributed by atoms with van der Waals surface area (Å²) >= 11 is 0. The molecule has 2 aromatic rings. The number of carbonyl (C=O) groups is 1. The van der Waals surface area contributed by atoms with E-state index in [2.05, 4.69) is 10.4 Å². The number of rotatable bonds is 4. The van der Waals surface area contributed by atoms with Crippen LogP contribution < -0.4 is 11.1 Å². The van der Waals surface area contributed by atoms with Gasteiger partial charge in [0, 0.05) is 31.9 Å². The molecule has 0 unspecified atom stereocenters. The molecule has 0 bridgehead atoms. The minimum atomic E-state index is -0.142. The summed E-state index contributed by atoms with van der Waals surface area (Å²) in [6.45, 7) is 2.48. The lowest BCUT2D eigenvalue weighted by Crippen LogP contribution is -2.26. The highest BCUT2D eigenvalue weighted by molar-refractivity contribution is 5.99. The van der Waals surface area contributed by atoms with E-state index in [0.717, 1.165) is 11.3 Å². The Hall–Kier alpha value is -2.30. The van der Waals surface area contributed by atoms with Crippen LogP contribution in [0.15, 0.2) is 30.5 Å². The molecular formula is C14H18N4O. The topological polar surface area (TPSA) is 72.9 Å². The van der Waals surface area contributed by atoms with E-state index in [1.807, 2.05) is 32.3 Å². The highest BCUT2D eigenvalue weighted by atomic mass is 16.1. The molecule has 0 spiro atoms. The van der Waals surface area contributed by atoms with Gasteiger partial charge in [-0.3, -0.25) is 9.48 Å². The first-order valence-corrected chi connectivity index (χ1v) is 6.19. The van der Waals surface area contributed by atoms with Crippen molar-refractivity contribution >= 4 is 11.6 Å². The third-order valence-corrected chi connectivity index (χ3v) is 2.89. The number of nitrogens with two attached hydrogens (primary N) is 1. The van der Waals surface area contributed by atoms with Crippen molar-refractivity contribution in [3.05, 3.63) is 47.3 Å². The van der Waals surface area contributed by atoms with Crippen LogP contribution in [0.5, 0.6) is 0 Å². The summed E-state index contributed by atoms with van der Waals surface area (Å²) in [5.74, 6) is -0.142. The molecule has 5 nitrogen and oxygen atoms in total. The van der Waals surface area contributed by atoms with Gasteiger partial charge in [0.25, 0.3) is 5.91 Å². The Morgan fingerprint density at radius 1 is 1.42 bits per heavy atom. The molecule has 0 atom stereocenters. The van der Waals surface area contributed by atoms with Crippen LogP contribution in [-0.2, 0) is 13.5 Å². The van der Waals surface area contributed by atoms with Gasteiger partial charge in [0.2, 0.25) is 0 Å². The van der Waals surface area contributed by atoms with E-state index in [-0.39, 0.29) is 5.91 Å². The fraction of sp³-hybridized carbons (Fsp3) is 0.286. The highest BCUT2D eigenvalue weighted by Crippen LogP contribution is 2.13. The summed E-state index contributed by atoms with van der Waals surface area (Å²) in [7, 11) is 1.87. The van der Waals surface area contributed by atoms with E-state index in [4.69, 9.17) is 5.73 Å². The Balaban J connectivity index is 1.92. The Labute approximate surface area is 112 Å². The number of hydrogen-bond acceptors (Lipinski definition) is 3. The van der Waals surface area contributed by atoms with Crippen LogP contribution >= 0.6 is 0 Å². The number of benzene rings is 1. The fourth-order valence-corrected chi connectivity index (χ4v) is 1.86. The monoisotopic (exact) mass is 258 g/mol. The van der Waals surface area contributed by atoms with Crippen LogP contribution in [0.25, 0.3) is 0 Å². The molecule has 0 saturated carbocycles. The van der Waals surface area contributed by atoms with Gasteiger partial charge >= 0.3 is 0 Å². The van der Waals surface area contributed by atoms with Gasteiger partial charge in [-0.25, -0.2) is 0 Å². The lowest BCUT2D eigenvalue weighted by Gasteiger charge is -2.07. The molecule has 1 amide bonds. The first-order chi connectivity index (χ1) is 9.06. The van der Waals surface area contributed by atoms with Crippen LogP contribution in [0.3, 0.4) is 0 Å². The molecule has 0 fully saturated rings. The molecule has 2 rings (SSSR count). The minimum Gasteiger partial charge on any atom is -0.398 e. The third-order valence-electron chi connectivity index (χ3n) is 2.89. The van der Waals surface area contributed by atoms with Crippen molar-refractivity contribution in [3.8, 4) is 0 Å². The number of nitrogen functional groups attached to an aromatic ring is 1. The smallest absolute Gasteiger partial charge is 0.253 e. The Morgan fingerprint density at radius 2 is 2.21 bits per heavy atom. The van der Waals surface area contributed by atoms with Crippen molar-refractivity contribution in [2.24, 2.45) is 7.05 Å². The maximum atomic E-state index is 12.0. The lowest BCUT2D eigenvalue weighted by atomic mass is 10.1. The standard InChI is InChI=1S/C14H18N4O/c1-10-3-4-13(15)12(9-10)14(19)16-7-5-11-6-8-18(2)17-11/h3-4,6,8-9H,5,7,15H2,1-2H3,(H,16,19).